The van der Waals surface area contributed by atoms with E-state index in [2.05, 4.69) is 15.7 Å². The van der Waals surface area contributed by atoms with Gasteiger partial charge in [-0.15, -0.1) is 0 Å². The Labute approximate surface area is 147 Å². The van der Waals surface area contributed by atoms with Crippen molar-refractivity contribution in [2.45, 2.75) is 44.7 Å². The molecule has 0 unspecified atom stereocenters. The first kappa shape index (κ1) is 17.0. The van der Waals surface area contributed by atoms with E-state index in [1.165, 1.54) is 12.8 Å². The third-order valence-corrected chi connectivity index (χ3v) is 4.89. The smallest absolute Gasteiger partial charge is 0.239 e. The molecule has 1 aliphatic carbocycles. The van der Waals surface area contributed by atoms with Crippen molar-refractivity contribution in [2.75, 3.05) is 11.9 Å². The number of nitrogens with zero attached hydrogens (tertiary/aromatic N) is 2. The van der Waals surface area contributed by atoms with Gasteiger partial charge in [0, 0.05) is 17.1 Å². The number of amides is 1. The first-order valence-electron chi connectivity index (χ1n) is 8.46. The van der Waals surface area contributed by atoms with Gasteiger partial charge in [0.25, 0.3) is 0 Å². The van der Waals surface area contributed by atoms with E-state index < -0.39 is 0 Å². The van der Waals surface area contributed by atoms with Crippen molar-refractivity contribution in [3.05, 3.63) is 47.1 Å². The zero-order chi connectivity index (χ0) is 16.9. The predicted octanol–water partition coefficient (Wildman–Crippen LogP) is 3.94. The van der Waals surface area contributed by atoms with E-state index in [4.69, 9.17) is 11.6 Å². The summed E-state index contributed by atoms with van der Waals surface area (Å²) in [5, 5.41) is 11.2. The number of nitrogens with one attached hydrogen (secondary N) is 2. The SMILES string of the molecule is C[C@@H](NCC(=O)Nc1ccnn1C1CCCC1)c1ccccc1Cl. The van der Waals surface area contributed by atoms with Gasteiger partial charge < -0.3 is 10.6 Å². The molecule has 24 heavy (non-hydrogen) atoms. The maximum atomic E-state index is 12.3. The maximum Gasteiger partial charge on any atom is 0.239 e. The molecule has 1 saturated carbocycles. The summed E-state index contributed by atoms with van der Waals surface area (Å²) in [5.74, 6) is 0.702. The molecule has 0 radical (unpaired) electrons. The molecule has 1 heterocycles. The fourth-order valence-corrected chi connectivity index (χ4v) is 3.52. The van der Waals surface area contributed by atoms with Crippen LogP contribution in [0.1, 0.15) is 50.3 Å². The average Bonchev–Trinajstić information content (AvgIpc) is 3.24. The summed E-state index contributed by atoms with van der Waals surface area (Å²) in [5.41, 5.74) is 0.989. The molecule has 0 bridgehead atoms. The first-order valence-corrected chi connectivity index (χ1v) is 8.84. The van der Waals surface area contributed by atoms with Crippen LogP contribution in [0.15, 0.2) is 36.5 Å². The Kier molecular flexibility index (Phi) is 5.53. The second kappa shape index (κ2) is 7.81. The Morgan fingerprint density at radius 2 is 2.08 bits per heavy atom. The molecule has 5 nitrogen and oxygen atoms in total. The topological polar surface area (TPSA) is 59.0 Å². The van der Waals surface area contributed by atoms with Gasteiger partial charge >= 0.3 is 0 Å². The number of hydrogen-bond acceptors (Lipinski definition) is 3. The molecule has 0 spiro atoms. The van der Waals surface area contributed by atoms with Crippen LogP contribution in [0.3, 0.4) is 0 Å². The number of benzene rings is 1. The zero-order valence-electron chi connectivity index (χ0n) is 13.8. The van der Waals surface area contributed by atoms with Crippen molar-refractivity contribution in [1.82, 2.24) is 15.1 Å². The van der Waals surface area contributed by atoms with E-state index in [1.54, 1.807) is 6.20 Å². The standard InChI is InChI=1S/C18H23ClN4O/c1-13(15-8-4-5-9-16(15)19)20-12-18(24)22-17-10-11-21-23(17)14-6-2-3-7-14/h4-5,8-11,13-14,20H,2-3,6-7,12H2,1H3,(H,22,24)/t13-/m1/s1. The molecule has 1 aromatic carbocycles. The van der Waals surface area contributed by atoms with Crippen molar-refractivity contribution >= 4 is 23.3 Å². The maximum absolute atomic E-state index is 12.3. The zero-order valence-corrected chi connectivity index (χ0v) is 14.6. The van der Waals surface area contributed by atoms with Gasteiger partial charge in [-0.3, -0.25) is 4.79 Å². The summed E-state index contributed by atoms with van der Waals surface area (Å²) >= 11 is 6.19. The first-order chi connectivity index (χ1) is 11.6. The minimum Gasteiger partial charge on any atom is -0.310 e. The molecular formula is C18H23ClN4O. The van der Waals surface area contributed by atoms with Crippen molar-refractivity contribution in [2.24, 2.45) is 0 Å². The van der Waals surface area contributed by atoms with Crippen LogP contribution in [-0.2, 0) is 4.79 Å². The molecule has 2 aromatic rings. The minimum absolute atomic E-state index is 0.00388. The highest BCUT2D eigenvalue weighted by molar-refractivity contribution is 6.31. The highest BCUT2D eigenvalue weighted by Crippen LogP contribution is 2.31. The van der Waals surface area contributed by atoms with E-state index in [0.29, 0.717) is 11.1 Å². The molecule has 1 aromatic heterocycles. The van der Waals surface area contributed by atoms with Crippen LogP contribution in [0.2, 0.25) is 5.02 Å². The lowest BCUT2D eigenvalue weighted by atomic mass is 10.1. The van der Waals surface area contributed by atoms with Crippen LogP contribution in [0.25, 0.3) is 0 Å². The molecule has 0 aliphatic heterocycles. The number of halogens is 1. The van der Waals surface area contributed by atoms with E-state index in [9.17, 15) is 4.79 Å². The van der Waals surface area contributed by atoms with Gasteiger partial charge in [-0.05, 0) is 31.4 Å². The molecule has 3 rings (SSSR count). The molecule has 2 N–H and O–H groups in total. The van der Waals surface area contributed by atoms with E-state index in [-0.39, 0.29) is 18.5 Å². The fourth-order valence-electron chi connectivity index (χ4n) is 3.22. The second-order valence-electron chi connectivity index (χ2n) is 6.27. The lowest BCUT2D eigenvalue weighted by molar-refractivity contribution is -0.115. The molecule has 128 valence electrons. The van der Waals surface area contributed by atoms with Gasteiger partial charge in [0.2, 0.25) is 5.91 Å². The van der Waals surface area contributed by atoms with Crippen molar-refractivity contribution < 1.29 is 4.79 Å². The average molecular weight is 347 g/mol. The molecule has 1 aliphatic rings. The number of aromatic nitrogens is 2. The monoisotopic (exact) mass is 346 g/mol. The van der Waals surface area contributed by atoms with Gasteiger partial charge in [-0.1, -0.05) is 42.6 Å². The molecule has 1 atom stereocenters. The molecular weight excluding hydrogens is 324 g/mol. The highest BCUT2D eigenvalue weighted by atomic mass is 35.5. The lowest BCUT2D eigenvalue weighted by Gasteiger charge is -2.17. The Balaban J connectivity index is 1.55. The number of rotatable bonds is 6. The van der Waals surface area contributed by atoms with Gasteiger partial charge in [0.15, 0.2) is 0 Å². The van der Waals surface area contributed by atoms with Crippen LogP contribution in [-0.4, -0.2) is 22.2 Å². The van der Waals surface area contributed by atoms with Crippen LogP contribution in [0.5, 0.6) is 0 Å². The number of carbonyl (C=O) groups excluding carboxylic acids is 1. The third-order valence-electron chi connectivity index (χ3n) is 4.55. The second-order valence-corrected chi connectivity index (χ2v) is 6.68. The van der Waals surface area contributed by atoms with Crippen molar-refractivity contribution in [1.29, 1.82) is 0 Å². The fraction of sp³-hybridized carbons (Fsp3) is 0.444. The summed E-state index contributed by atoms with van der Waals surface area (Å²) in [6.45, 7) is 2.22. The van der Waals surface area contributed by atoms with Crippen LogP contribution in [0.4, 0.5) is 5.82 Å². The Bertz CT molecular complexity index is 694. The summed E-state index contributed by atoms with van der Waals surface area (Å²) in [6.07, 6.45) is 6.47. The molecule has 6 heteroatoms. The van der Waals surface area contributed by atoms with Gasteiger partial charge in [0.1, 0.15) is 5.82 Å². The van der Waals surface area contributed by atoms with Crippen molar-refractivity contribution in [3.8, 4) is 0 Å². The van der Waals surface area contributed by atoms with E-state index >= 15 is 0 Å². The summed E-state index contributed by atoms with van der Waals surface area (Å²) < 4.78 is 1.95. The van der Waals surface area contributed by atoms with Gasteiger partial charge in [0.05, 0.1) is 18.8 Å². The Morgan fingerprint density at radius 1 is 1.33 bits per heavy atom. The summed E-state index contributed by atoms with van der Waals surface area (Å²) in [6, 6.07) is 9.93. The minimum atomic E-state index is -0.0753. The summed E-state index contributed by atoms with van der Waals surface area (Å²) in [7, 11) is 0. The van der Waals surface area contributed by atoms with Crippen molar-refractivity contribution in [3.63, 3.8) is 0 Å². The van der Waals surface area contributed by atoms with Gasteiger partial charge in [-0.2, -0.15) is 5.10 Å². The normalized spacial score (nSPS) is 16.2. The number of anilines is 1. The van der Waals surface area contributed by atoms with Crippen LogP contribution < -0.4 is 10.6 Å². The predicted molar refractivity (Wildman–Crippen MR) is 96.2 cm³/mol. The van der Waals surface area contributed by atoms with E-state index in [0.717, 1.165) is 24.2 Å². The quantitative estimate of drug-likeness (QED) is 0.832. The van der Waals surface area contributed by atoms with E-state index in [1.807, 2.05) is 41.9 Å². The van der Waals surface area contributed by atoms with Crippen LogP contribution >= 0.6 is 11.6 Å². The Hall–Kier alpha value is -1.85. The molecule has 1 fully saturated rings. The summed E-state index contributed by atoms with van der Waals surface area (Å²) in [4.78, 5) is 12.3. The molecule has 0 saturated heterocycles. The molecule has 1 amide bonds. The Morgan fingerprint density at radius 3 is 2.83 bits per heavy atom. The lowest BCUT2D eigenvalue weighted by Crippen LogP contribution is -2.31. The van der Waals surface area contributed by atoms with Gasteiger partial charge in [-0.25, -0.2) is 4.68 Å². The number of hydrogen-bond donors (Lipinski definition) is 2. The largest absolute Gasteiger partial charge is 0.310 e. The number of carbonyl (C=O) groups is 1. The third kappa shape index (κ3) is 3.97. The highest BCUT2D eigenvalue weighted by Gasteiger charge is 2.20. The van der Waals surface area contributed by atoms with Crippen LogP contribution in [0, 0.1) is 0 Å².